The topological polar surface area (TPSA) is 61.1 Å². The van der Waals surface area contributed by atoms with Gasteiger partial charge in [-0.2, -0.15) is 18.4 Å². The molecule has 0 bridgehead atoms. The average molecular weight is 276 g/mol. The number of hydrogen-bond acceptors (Lipinski definition) is 2. The van der Waals surface area contributed by atoms with E-state index in [9.17, 15) is 18.0 Å². The van der Waals surface area contributed by atoms with E-state index in [0.717, 1.165) is 12.1 Å². The highest BCUT2D eigenvalue weighted by molar-refractivity contribution is 6.32. The molecule has 0 aliphatic heterocycles. The van der Waals surface area contributed by atoms with Crippen LogP contribution in [0.3, 0.4) is 0 Å². The van der Waals surface area contributed by atoms with Crippen LogP contribution in [0.1, 0.15) is 11.1 Å². The number of halogens is 4. The van der Waals surface area contributed by atoms with Crippen molar-refractivity contribution in [1.82, 2.24) is 0 Å². The summed E-state index contributed by atoms with van der Waals surface area (Å²) in [4.78, 5) is 10.6. The van der Waals surface area contributed by atoms with Crippen LogP contribution in [0.15, 0.2) is 23.8 Å². The molecule has 1 aromatic rings. The number of nitrogens with zero attached hydrogens (tertiary/aromatic N) is 1. The molecule has 0 saturated heterocycles. The van der Waals surface area contributed by atoms with E-state index in [4.69, 9.17) is 22.0 Å². The highest BCUT2D eigenvalue weighted by Gasteiger charge is 2.33. The van der Waals surface area contributed by atoms with Crippen LogP contribution in [-0.2, 0) is 11.0 Å². The summed E-state index contributed by atoms with van der Waals surface area (Å²) in [6, 6.07) is 4.32. The minimum Gasteiger partial charge on any atom is -0.477 e. The second-order valence-electron chi connectivity index (χ2n) is 3.17. The van der Waals surface area contributed by atoms with Gasteiger partial charge in [0.15, 0.2) is 0 Å². The van der Waals surface area contributed by atoms with Crippen molar-refractivity contribution in [3.63, 3.8) is 0 Å². The molecule has 0 unspecified atom stereocenters. The highest BCUT2D eigenvalue weighted by Crippen LogP contribution is 2.36. The largest absolute Gasteiger partial charge is 0.477 e. The third kappa shape index (κ3) is 3.02. The van der Waals surface area contributed by atoms with E-state index >= 15 is 0 Å². The Hall–Kier alpha value is -2.00. The molecule has 0 fully saturated rings. The van der Waals surface area contributed by atoms with E-state index in [1.165, 1.54) is 12.1 Å². The predicted molar refractivity (Wildman–Crippen MR) is 57.7 cm³/mol. The number of aliphatic carboxylic acids is 1. The second kappa shape index (κ2) is 5.10. The van der Waals surface area contributed by atoms with Crippen LogP contribution in [0, 0.1) is 11.3 Å². The number of carboxylic acids is 1. The van der Waals surface area contributed by atoms with Gasteiger partial charge < -0.3 is 5.11 Å². The molecule has 3 nitrogen and oxygen atoms in total. The third-order valence-corrected chi connectivity index (χ3v) is 2.33. The Kier molecular flexibility index (Phi) is 3.99. The lowest BCUT2D eigenvalue weighted by atomic mass is 10.0. The van der Waals surface area contributed by atoms with E-state index in [2.05, 4.69) is 0 Å². The molecule has 0 aliphatic rings. The van der Waals surface area contributed by atoms with Crippen LogP contribution in [0.5, 0.6) is 0 Å². The van der Waals surface area contributed by atoms with Crippen molar-refractivity contribution in [1.29, 1.82) is 5.26 Å². The van der Waals surface area contributed by atoms with E-state index in [1.807, 2.05) is 0 Å². The van der Waals surface area contributed by atoms with E-state index < -0.39 is 28.8 Å². The summed E-state index contributed by atoms with van der Waals surface area (Å²) in [6.07, 6.45) is -4.08. The van der Waals surface area contributed by atoms with Gasteiger partial charge in [-0.25, -0.2) is 4.79 Å². The molecule has 0 aromatic heterocycles. The fourth-order valence-corrected chi connectivity index (χ4v) is 1.45. The van der Waals surface area contributed by atoms with Crippen molar-refractivity contribution >= 4 is 23.6 Å². The number of benzene rings is 1. The minimum atomic E-state index is -4.68. The lowest BCUT2D eigenvalue weighted by molar-refractivity contribution is -0.138. The van der Waals surface area contributed by atoms with Gasteiger partial charge in [-0.05, 0) is 18.2 Å². The van der Waals surface area contributed by atoms with Crippen LogP contribution in [0.4, 0.5) is 13.2 Å². The first-order valence-electron chi connectivity index (χ1n) is 4.48. The third-order valence-electron chi connectivity index (χ3n) is 2.00. The Morgan fingerprint density at radius 3 is 2.50 bits per heavy atom. The van der Waals surface area contributed by atoms with E-state index in [1.54, 1.807) is 0 Å². The molecule has 0 heterocycles. The molecular weight excluding hydrogens is 271 g/mol. The number of carbonyl (C=O) groups is 1. The maximum atomic E-state index is 12.7. The summed E-state index contributed by atoms with van der Waals surface area (Å²) in [7, 11) is 0. The molecule has 18 heavy (non-hydrogen) atoms. The van der Waals surface area contributed by atoms with Gasteiger partial charge in [0.05, 0.1) is 5.56 Å². The molecule has 0 amide bonds. The van der Waals surface area contributed by atoms with Gasteiger partial charge in [-0.15, -0.1) is 0 Å². The van der Waals surface area contributed by atoms with Crippen LogP contribution >= 0.6 is 11.6 Å². The summed E-state index contributed by atoms with van der Waals surface area (Å²) in [5, 5.41) is 16.8. The number of rotatable bonds is 2. The van der Waals surface area contributed by atoms with Gasteiger partial charge in [0.2, 0.25) is 0 Å². The van der Waals surface area contributed by atoms with Crippen LogP contribution in [0.25, 0.3) is 6.08 Å². The molecule has 0 radical (unpaired) electrons. The molecule has 0 atom stereocenters. The van der Waals surface area contributed by atoms with Crippen molar-refractivity contribution < 1.29 is 23.1 Å². The van der Waals surface area contributed by atoms with Gasteiger partial charge in [-0.3, -0.25) is 0 Å². The van der Waals surface area contributed by atoms with Crippen LogP contribution in [-0.4, -0.2) is 11.1 Å². The molecule has 1 aromatic carbocycles. The van der Waals surface area contributed by atoms with Gasteiger partial charge in [0.1, 0.15) is 11.6 Å². The van der Waals surface area contributed by atoms with Gasteiger partial charge in [-0.1, -0.05) is 17.7 Å². The van der Waals surface area contributed by atoms with Crippen molar-refractivity contribution in [3.8, 4) is 6.07 Å². The number of nitriles is 1. The number of hydrogen-bond donors (Lipinski definition) is 1. The molecule has 0 spiro atoms. The SMILES string of the molecule is N#CC(=Cc1c(Cl)cccc1C(F)(F)F)C(=O)O. The van der Waals surface area contributed by atoms with Crippen molar-refractivity contribution in [2.45, 2.75) is 6.18 Å². The first-order valence-corrected chi connectivity index (χ1v) is 4.86. The van der Waals surface area contributed by atoms with Crippen LogP contribution < -0.4 is 0 Å². The maximum absolute atomic E-state index is 12.7. The highest BCUT2D eigenvalue weighted by atomic mass is 35.5. The fourth-order valence-electron chi connectivity index (χ4n) is 1.22. The van der Waals surface area contributed by atoms with Crippen molar-refractivity contribution in [2.75, 3.05) is 0 Å². The summed E-state index contributed by atoms with van der Waals surface area (Å²) >= 11 is 5.59. The summed E-state index contributed by atoms with van der Waals surface area (Å²) < 4.78 is 38.0. The summed E-state index contributed by atoms with van der Waals surface area (Å²) in [5.74, 6) is -1.62. The van der Waals surface area contributed by atoms with Crippen molar-refractivity contribution in [2.24, 2.45) is 0 Å². The zero-order valence-electron chi connectivity index (χ0n) is 8.62. The molecule has 7 heteroatoms. The lowest BCUT2D eigenvalue weighted by Gasteiger charge is -2.11. The first kappa shape index (κ1) is 14.1. The molecular formula is C11H5ClF3NO2. The standard InChI is InChI=1S/C11H5ClF3NO2/c12-9-3-1-2-8(11(13,14)15)7(9)4-6(5-16)10(17)18/h1-4H,(H,17,18). The Balaban J connectivity index is 3.51. The molecule has 1 N–H and O–H groups in total. The Morgan fingerprint density at radius 1 is 1.44 bits per heavy atom. The first-order chi connectivity index (χ1) is 8.27. The maximum Gasteiger partial charge on any atom is 0.417 e. The molecule has 0 aliphatic carbocycles. The van der Waals surface area contributed by atoms with Gasteiger partial charge >= 0.3 is 12.1 Å². The smallest absolute Gasteiger partial charge is 0.417 e. The predicted octanol–water partition coefficient (Wildman–Crippen LogP) is 3.35. The van der Waals surface area contributed by atoms with E-state index in [-0.39, 0.29) is 5.02 Å². The molecule has 1 rings (SSSR count). The second-order valence-corrected chi connectivity index (χ2v) is 3.58. The summed E-state index contributed by atoms with van der Waals surface area (Å²) in [6.45, 7) is 0. The lowest BCUT2D eigenvalue weighted by Crippen LogP contribution is -2.08. The van der Waals surface area contributed by atoms with Gasteiger partial charge in [0.25, 0.3) is 0 Å². The Bertz CT molecular complexity index is 558. The number of carboxylic acid groups (broad SMARTS) is 1. The van der Waals surface area contributed by atoms with E-state index in [0.29, 0.717) is 6.08 Å². The zero-order chi connectivity index (χ0) is 13.9. The number of alkyl halides is 3. The minimum absolute atomic E-state index is 0.279. The Labute approximate surface area is 105 Å². The quantitative estimate of drug-likeness (QED) is 0.665. The average Bonchev–Trinajstić information content (AvgIpc) is 2.25. The summed E-state index contributed by atoms with van der Waals surface area (Å²) in [5.41, 5.74) is -2.46. The fraction of sp³-hybridized carbons (Fsp3) is 0.0909. The zero-order valence-corrected chi connectivity index (χ0v) is 9.38. The van der Waals surface area contributed by atoms with Gasteiger partial charge in [0, 0.05) is 10.6 Å². The molecule has 0 saturated carbocycles. The van der Waals surface area contributed by atoms with Crippen LogP contribution in [0.2, 0.25) is 5.02 Å². The normalized spacial score (nSPS) is 12.1. The monoisotopic (exact) mass is 275 g/mol. The Morgan fingerprint density at radius 2 is 2.06 bits per heavy atom. The molecule has 94 valence electrons. The van der Waals surface area contributed by atoms with Crippen molar-refractivity contribution in [3.05, 3.63) is 39.9 Å².